The maximum Gasteiger partial charge on any atom is 0.453 e. The van der Waals surface area contributed by atoms with E-state index in [0.29, 0.717) is 59.9 Å². The second kappa shape index (κ2) is 9.94. The zero-order valence-corrected chi connectivity index (χ0v) is 18.4. The van der Waals surface area contributed by atoms with Crippen molar-refractivity contribution in [3.05, 3.63) is 53.6 Å². The predicted octanol–water partition coefficient (Wildman–Crippen LogP) is 3.55. The number of fused-ring (bicyclic) bond motifs is 1. The second-order valence-corrected chi connectivity index (χ2v) is 8.78. The Morgan fingerprint density at radius 1 is 1.12 bits per heavy atom. The van der Waals surface area contributed by atoms with Crippen molar-refractivity contribution in [3.8, 4) is 0 Å². The van der Waals surface area contributed by atoms with E-state index >= 15 is 0 Å². The monoisotopic (exact) mass is 482 g/mol. The average molecular weight is 483 g/mol. The van der Waals surface area contributed by atoms with Crippen LogP contribution in [-0.2, 0) is 16.7 Å². The summed E-state index contributed by atoms with van der Waals surface area (Å²) < 4.78 is 53.5. The van der Waals surface area contributed by atoms with E-state index in [9.17, 15) is 22.4 Å². The van der Waals surface area contributed by atoms with Gasteiger partial charge >= 0.3 is 6.18 Å². The van der Waals surface area contributed by atoms with Crippen molar-refractivity contribution in [1.82, 2.24) is 25.1 Å². The van der Waals surface area contributed by atoms with Crippen LogP contribution in [-0.4, -0.2) is 51.1 Å². The zero-order chi connectivity index (χ0) is 23.4. The van der Waals surface area contributed by atoms with Crippen LogP contribution in [0.3, 0.4) is 0 Å². The number of amides is 1. The Labute approximate surface area is 191 Å². The van der Waals surface area contributed by atoms with E-state index in [2.05, 4.69) is 20.6 Å². The highest BCUT2D eigenvalue weighted by molar-refractivity contribution is 7.98. The van der Waals surface area contributed by atoms with Crippen LogP contribution in [0.5, 0.6) is 0 Å². The first-order valence-corrected chi connectivity index (χ1v) is 11.6. The first-order valence-electron chi connectivity index (χ1n) is 10.5. The molecule has 1 N–H and O–H groups in total. The van der Waals surface area contributed by atoms with Crippen molar-refractivity contribution in [1.29, 1.82) is 0 Å². The van der Waals surface area contributed by atoms with Crippen LogP contribution in [0.2, 0.25) is 0 Å². The summed E-state index contributed by atoms with van der Waals surface area (Å²) in [5, 5.41) is 13.7. The first-order chi connectivity index (χ1) is 15.8. The van der Waals surface area contributed by atoms with Gasteiger partial charge in [0.2, 0.25) is 5.91 Å². The Balaban J connectivity index is 1.24. The lowest BCUT2D eigenvalue weighted by atomic mass is 9.96. The molecule has 0 saturated carbocycles. The molecule has 1 aliphatic heterocycles. The molecule has 3 aromatic rings. The summed E-state index contributed by atoms with van der Waals surface area (Å²) in [6.07, 6.45) is -3.51. The number of halogens is 4. The van der Waals surface area contributed by atoms with Crippen LogP contribution in [0.4, 0.5) is 23.4 Å². The average Bonchev–Trinajstić information content (AvgIpc) is 3.24. The lowest BCUT2D eigenvalue weighted by Crippen LogP contribution is -2.41. The molecule has 1 aliphatic rings. The number of carbonyl (C=O) groups is 1. The molecule has 1 fully saturated rings. The zero-order valence-electron chi connectivity index (χ0n) is 17.6. The number of carbonyl (C=O) groups excluding carboxylic acids is 1. The number of aromatic nitrogens is 4. The summed E-state index contributed by atoms with van der Waals surface area (Å²) in [6, 6.07) is 9.67. The van der Waals surface area contributed by atoms with Crippen LogP contribution in [0.15, 0.2) is 36.4 Å². The summed E-state index contributed by atoms with van der Waals surface area (Å²) in [7, 11) is 0. The summed E-state index contributed by atoms with van der Waals surface area (Å²) in [5.41, 5.74) is 0.662. The molecule has 0 spiro atoms. The summed E-state index contributed by atoms with van der Waals surface area (Å²) in [4.78, 5) is 14.3. The number of nitrogens with zero attached hydrogens (tertiary/aromatic N) is 5. The van der Waals surface area contributed by atoms with Gasteiger partial charge in [-0.3, -0.25) is 4.79 Å². The number of alkyl halides is 3. The highest BCUT2D eigenvalue weighted by Crippen LogP contribution is 2.28. The molecule has 1 aromatic carbocycles. The normalized spacial score (nSPS) is 15.2. The van der Waals surface area contributed by atoms with E-state index in [-0.39, 0.29) is 23.3 Å². The van der Waals surface area contributed by atoms with Gasteiger partial charge in [0.1, 0.15) is 11.6 Å². The number of nitrogens with one attached hydrogen (secondary N) is 1. The molecule has 1 saturated heterocycles. The van der Waals surface area contributed by atoms with E-state index in [1.807, 2.05) is 4.90 Å². The number of piperidine rings is 1. The predicted molar refractivity (Wildman–Crippen MR) is 116 cm³/mol. The van der Waals surface area contributed by atoms with Crippen molar-refractivity contribution >= 4 is 29.1 Å². The van der Waals surface area contributed by atoms with E-state index in [1.165, 1.54) is 12.1 Å². The van der Waals surface area contributed by atoms with Gasteiger partial charge in [-0.25, -0.2) is 4.39 Å². The minimum Gasteiger partial charge on any atom is -0.355 e. The van der Waals surface area contributed by atoms with Crippen molar-refractivity contribution in [3.63, 3.8) is 0 Å². The molecule has 0 radical (unpaired) electrons. The molecular formula is C21H22F4N6OS. The maximum absolute atomic E-state index is 13.6. The summed E-state index contributed by atoms with van der Waals surface area (Å²) in [5.74, 6) is 0.000334. The molecule has 0 bridgehead atoms. The SMILES string of the molecule is O=C(NCCSCc1ccccc1F)C1CCN(c2ccc3nnc(C(F)(F)F)n3n2)CC1. The van der Waals surface area contributed by atoms with Crippen LogP contribution < -0.4 is 10.2 Å². The van der Waals surface area contributed by atoms with Crippen molar-refractivity contribution in [2.45, 2.75) is 24.8 Å². The van der Waals surface area contributed by atoms with Gasteiger partial charge in [0.05, 0.1) is 0 Å². The Hall–Kier alpha value is -2.89. The molecule has 3 heterocycles. The number of rotatable bonds is 7. The Bertz CT molecular complexity index is 1110. The second-order valence-electron chi connectivity index (χ2n) is 7.68. The van der Waals surface area contributed by atoms with E-state index < -0.39 is 12.0 Å². The third-order valence-corrected chi connectivity index (χ3v) is 6.46. The maximum atomic E-state index is 13.6. The Morgan fingerprint density at radius 3 is 2.61 bits per heavy atom. The third-order valence-electron chi connectivity index (χ3n) is 5.45. The largest absolute Gasteiger partial charge is 0.453 e. The molecule has 4 rings (SSSR count). The number of anilines is 1. The van der Waals surface area contributed by atoms with Gasteiger partial charge in [-0.2, -0.15) is 29.4 Å². The topological polar surface area (TPSA) is 75.4 Å². The molecule has 12 heteroatoms. The minimum absolute atomic E-state index is 0.0215. The first kappa shape index (κ1) is 23.3. The number of thioether (sulfide) groups is 1. The molecule has 33 heavy (non-hydrogen) atoms. The highest BCUT2D eigenvalue weighted by atomic mass is 32.2. The number of hydrogen-bond donors (Lipinski definition) is 1. The standard InChI is InChI=1S/C21H22F4N6OS/c22-16-4-2-1-3-15(16)13-33-12-9-26-19(32)14-7-10-30(11-8-14)18-6-5-17-27-28-20(21(23,24)25)31(17)29-18/h1-6,14H,7-13H2,(H,26,32). The quantitative estimate of drug-likeness (QED) is 0.410. The minimum atomic E-state index is -4.65. The van der Waals surface area contributed by atoms with E-state index in [4.69, 9.17) is 0 Å². The van der Waals surface area contributed by atoms with Gasteiger partial charge in [0.15, 0.2) is 5.65 Å². The smallest absolute Gasteiger partial charge is 0.355 e. The molecule has 2 aromatic heterocycles. The molecular weight excluding hydrogens is 460 g/mol. The molecule has 1 amide bonds. The Morgan fingerprint density at radius 2 is 1.88 bits per heavy atom. The van der Waals surface area contributed by atoms with Gasteiger partial charge in [-0.1, -0.05) is 18.2 Å². The lowest BCUT2D eigenvalue weighted by Gasteiger charge is -2.32. The van der Waals surface area contributed by atoms with Gasteiger partial charge in [0.25, 0.3) is 5.82 Å². The van der Waals surface area contributed by atoms with Gasteiger partial charge in [0, 0.05) is 37.1 Å². The van der Waals surface area contributed by atoms with Crippen LogP contribution in [0.25, 0.3) is 5.65 Å². The number of hydrogen-bond acceptors (Lipinski definition) is 6. The molecule has 0 aliphatic carbocycles. The molecule has 0 unspecified atom stereocenters. The molecule has 7 nitrogen and oxygen atoms in total. The fraction of sp³-hybridized carbons (Fsp3) is 0.429. The van der Waals surface area contributed by atoms with Crippen molar-refractivity contribution < 1.29 is 22.4 Å². The Kier molecular flexibility index (Phi) is 7.01. The van der Waals surface area contributed by atoms with Gasteiger partial charge < -0.3 is 10.2 Å². The van der Waals surface area contributed by atoms with Crippen LogP contribution in [0, 0.1) is 11.7 Å². The third kappa shape index (κ3) is 5.55. The highest BCUT2D eigenvalue weighted by Gasteiger charge is 2.38. The fourth-order valence-corrected chi connectivity index (χ4v) is 4.53. The van der Waals surface area contributed by atoms with Crippen LogP contribution >= 0.6 is 11.8 Å². The molecule has 176 valence electrons. The van der Waals surface area contributed by atoms with E-state index in [1.54, 1.807) is 36.0 Å². The van der Waals surface area contributed by atoms with Crippen LogP contribution in [0.1, 0.15) is 24.2 Å². The fourth-order valence-electron chi connectivity index (χ4n) is 3.68. The van der Waals surface area contributed by atoms with Crippen molar-refractivity contribution in [2.75, 3.05) is 30.3 Å². The van der Waals surface area contributed by atoms with E-state index in [0.717, 1.165) is 0 Å². The summed E-state index contributed by atoms with van der Waals surface area (Å²) in [6.45, 7) is 1.49. The van der Waals surface area contributed by atoms with Gasteiger partial charge in [-0.15, -0.1) is 15.3 Å². The molecule has 0 atom stereocenters. The van der Waals surface area contributed by atoms with Gasteiger partial charge in [-0.05, 0) is 36.6 Å². The summed E-state index contributed by atoms with van der Waals surface area (Å²) >= 11 is 1.55. The van der Waals surface area contributed by atoms with Crippen molar-refractivity contribution in [2.24, 2.45) is 5.92 Å². The lowest BCUT2D eigenvalue weighted by molar-refractivity contribution is -0.146. The number of benzene rings is 1.